The van der Waals surface area contributed by atoms with Gasteiger partial charge in [-0.25, -0.2) is 10.1 Å². The van der Waals surface area contributed by atoms with E-state index in [2.05, 4.69) is 10.2 Å². The van der Waals surface area contributed by atoms with E-state index in [1.807, 2.05) is 36.4 Å². The van der Waals surface area contributed by atoms with E-state index in [0.717, 1.165) is 5.56 Å². The Morgan fingerprint density at radius 1 is 1.41 bits per heavy atom. The molecule has 0 radical (unpaired) electrons. The summed E-state index contributed by atoms with van der Waals surface area (Å²) in [5, 5.41) is 16.8. The van der Waals surface area contributed by atoms with Crippen LogP contribution in [-0.2, 0) is 4.79 Å². The van der Waals surface area contributed by atoms with Crippen molar-refractivity contribution in [2.24, 2.45) is 15.9 Å². The van der Waals surface area contributed by atoms with Gasteiger partial charge in [0.1, 0.15) is 5.10 Å². The molecule has 0 saturated heterocycles. The van der Waals surface area contributed by atoms with Crippen LogP contribution in [0.5, 0.6) is 0 Å². The standard InChI is InChI=1S/C14H13N5O3/c1-10-12(9-5-8-11-6-3-2-4-7-11)13(20)18(16-10)14(15)17-19(21)22/h2-9H,1H3,(H2,15,17)/b8-5+,12-9-. The van der Waals surface area contributed by atoms with Crippen LogP contribution in [0.2, 0.25) is 0 Å². The molecule has 0 bridgehead atoms. The minimum atomic E-state index is -0.982. The number of allylic oxidation sites excluding steroid dienone is 2. The third kappa shape index (κ3) is 3.42. The number of nitrogens with two attached hydrogens (primary N) is 1. The molecule has 8 heteroatoms. The Bertz CT molecular complexity index is 719. The first-order valence-corrected chi connectivity index (χ1v) is 6.31. The molecule has 1 aromatic carbocycles. The molecule has 0 unspecified atom stereocenters. The maximum atomic E-state index is 12.1. The molecule has 1 aliphatic heterocycles. The fourth-order valence-electron chi connectivity index (χ4n) is 1.81. The SMILES string of the molecule is CC1=NN(/C(N)=N\[N+](=O)[O-])C(=O)/C1=C\C=C\c1ccccc1. The van der Waals surface area contributed by atoms with E-state index in [1.54, 1.807) is 19.1 Å². The summed E-state index contributed by atoms with van der Waals surface area (Å²) >= 11 is 0. The fourth-order valence-corrected chi connectivity index (χ4v) is 1.81. The number of rotatable bonds is 3. The third-order valence-electron chi connectivity index (χ3n) is 2.81. The highest BCUT2D eigenvalue weighted by molar-refractivity contribution is 6.27. The number of hydrogen-bond donors (Lipinski definition) is 1. The molecule has 0 aliphatic carbocycles. The van der Waals surface area contributed by atoms with Gasteiger partial charge in [-0.3, -0.25) is 4.79 Å². The topological polar surface area (TPSA) is 114 Å². The van der Waals surface area contributed by atoms with Gasteiger partial charge in [0.25, 0.3) is 11.9 Å². The lowest BCUT2D eigenvalue weighted by Gasteiger charge is -2.06. The monoisotopic (exact) mass is 299 g/mol. The van der Waals surface area contributed by atoms with Gasteiger partial charge in [0.05, 0.1) is 11.3 Å². The zero-order valence-electron chi connectivity index (χ0n) is 11.7. The second-order valence-electron chi connectivity index (χ2n) is 4.35. The minimum absolute atomic E-state index is 0.300. The number of benzene rings is 1. The van der Waals surface area contributed by atoms with Gasteiger partial charge in [0.15, 0.2) is 5.03 Å². The number of carbonyl (C=O) groups is 1. The van der Waals surface area contributed by atoms with E-state index in [9.17, 15) is 14.9 Å². The van der Waals surface area contributed by atoms with Crippen molar-refractivity contribution < 1.29 is 9.83 Å². The molecule has 0 atom stereocenters. The molecule has 1 heterocycles. The van der Waals surface area contributed by atoms with Gasteiger partial charge in [-0.15, -0.1) is 0 Å². The van der Waals surface area contributed by atoms with Crippen LogP contribution in [0.4, 0.5) is 0 Å². The summed E-state index contributed by atoms with van der Waals surface area (Å²) in [5.74, 6) is -1.14. The van der Waals surface area contributed by atoms with Crippen LogP contribution >= 0.6 is 0 Å². The van der Waals surface area contributed by atoms with Crippen LogP contribution in [0.25, 0.3) is 6.08 Å². The average Bonchev–Trinajstić information content (AvgIpc) is 2.75. The van der Waals surface area contributed by atoms with Crippen LogP contribution in [0.15, 0.2) is 58.3 Å². The Hall–Kier alpha value is -3.29. The molecule has 1 amide bonds. The van der Waals surface area contributed by atoms with E-state index in [4.69, 9.17) is 5.73 Å². The summed E-state index contributed by atoms with van der Waals surface area (Å²) in [5.41, 5.74) is 7.06. The highest BCUT2D eigenvalue weighted by Crippen LogP contribution is 2.15. The molecule has 8 nitrogen and oxygen atoms in total. The predicted molar refractivity (Wildman–Crippen MR) is 82.1 cm³/mol. The van der Waals surface area contributed by atoms with Gasteiger partial charge in [-0.2, -0.15) is 10.1 Å². The Morgan fingerprint density at radius 3 is 2.73 bits per heavy atom. The number of nitro groups is 1. The summed E-state index contributed by atoms with van der Waals surface area (Å²) < 4.78 is 0. The Labute approximate surface area is 126 Å². The summed E-state index contributed by atoms with van der Waals surface area (Å²) in [4.78, 5) is 22.4. The minimum Gasteiger partial charge on any atom is -0.363 e. The second-order valence-corrected chi connectivity index (χ2v) is 4.35. The van der Waals surface area contributed by atoms with Crippen molar-refractivity contribution in [1.29, 1.82) is 0 Å². The van der Waals surface area contributed by atoms with Crippen molar-refractivity contribution in [3.05, 3.63) is 63.7 Å². The van der Waals surface area contributed by atoms with Crippen molar-refractivity contribution in [3.63, 3.8) is 0 Å². The summed E-state index contributed by atoms with van der Waals surface area (Å²) in [7, 11) is 0. The summed E-state index contributed by atoms with van der Waals surface area (Å²) in [6.45, 7) is 1.61. The van der Waals surface area contributed by atoms with E-state index in [1.165, 1.54) is 0 Å². The van der Waals surface area contributed by atoms with Crippen molar-refractivity contribution in [2.45, 2.75) is 6.92 Å². The van der Waals surface area contributed by atoms with Gasteiger partial charge >= 0.3 is 0 Å². The van der Waals surface area contributed by atoms with Gasteiger partial charge in [0, 0.05) is 0 Å². The quantitative estimate of drug-likeness (QED) is 0.298. The summed E-state index contributed by atoms with van der Waals surface area (Å²) in [6.07, 6.45) is 5.10. The van der Waals surface area contributed by atoms with E-state index >= 15 is 0 Å². The number of amides is 1. The maximum absolute atomic E-state index is 12.1. The largest absolute Gasteiger partial charge is 0.363 e. The molecule has 0 saturated carbocycles. The van der Waals surface area contributed by atoms with Crippen molar-refractivity contribution in [1.82, 2.24) is 5.01 Å². The Balaban J connectivity index is 2.18. The summed E-state index contributed by atoms with van der Waals surface area (Å²) in [6, 6.07) is 9.54. The van der Waals surface area contributed by atoms with E-state index < -0.39 is 16.9 Å². The number of hydrogen-bond acceptors (Lipinski definition) is 4. The van der Waals surface area contributed by atoms with Gasteiger partial charge in [-0.1, -0.05) is 42.5 Å². The lowest BCUT2D eigenvalue weighted by molar-refractivity contribution is -0.485. The fraction of sp³-hybridized carbons (Fsp3) is 0.0714. The Morgan fingerprint density at radius 2 is 2.09 bits per heavy atom. The first-order chi connectivity index (χ1) is 10.5. The van der Waals surface area contributed by atoms with Crippen LogP contribution < -0.4 is 5.73 Å². The molecule has 112 valence electrons. The second kappa shape index (κ2) is 6.44. The zero-order valence-corrected chi connectivity index (χ0v) is 11.7. The van der Waals surface area contributed by atoms with Crippen LogP contribution in [0.1, 0.15) is 12.5 Å². The van der Waals surface area contributed by atoms with Crippen LogP contribution in [0.3, 0.4) is 0 Å². The lowest BCUT2D eigenvalue weighted by Crippen LogP contribution is -2.36. The van der Waals surface area contributed by atoms with Crippen LogP contribution in [-0.4, -0.2) is 27.6 Å². The third-order valence-corrected chi connectivity index (χ3v) is 2.81. The average molecular weight is 299 g/mol. The lowest BCUT2D eigenvalue weighted by atomic mass is 10.1. The highest BCUT2D eigenvalue weighted by atomic mass is 16.7. The van der Waals surface area contributed by atoms with Crippen molar-refractivity contribution in [3.8, 4) is 0 Å². The first kappa shape index (κ1) is 15.1. The normalized spacial score (nSPS) is 17.4. The molecular weight excluding hydrogens is 286 g/mol. The zero-order chi connectivity index (χ0) is 16.1. The number of hydrazone groups is 2. The van der Waals surface area contributed by atoms with Crippen molar-refractivity contribution in [2.75, 3.05) is 0 Å². The number of carbonyl (C=O) groups excluding carboxylic acids is 1. The number of nitrogens with zero attached hydrogens (tertiary/aromatic N) is 4. The Kier molecular flexibility index (Phi) is 4.42. The van der Waals surface area contributed by atoms with Gasteiger partial charge in [-0.05, 0) is 18.6 Å². The van der Waals surface area contributed by atoms with E-state index in [-0.39, 0.29) is 0 Å². The molecule has 1 aromatic rings. The maximum Gasteiger partial charge on any atom is 0.296 e. The molecular formula is C14H13N5O3. The molecule has 2 rings (SSSR count). The number of guanidine groups is 1. The molecule has 2 N–H and O–H groups in total. The molecule has 1 aliphatic rings. The van der Waals surface area contributed by atoms with Gasteiger partial charge in [0.2, 0.25) is 0 Å². The van der Waals surface area contributed by atoms with Crippen molar-refractivity contribution >= 4 is 23.7 Å². The molecule has 0 fully saturated rings. The van der Waals surface area contributed by atoms with Crippen LogP contribution in [0, 0.1) is 10.1 Å². The van der Waals surface area contributed by atoms with E-state index in [0.29, 0.717) is 16.3 Å². The first-order valence-electron chi connectivity index (χ1n) is 6.31. The molecule has 0 spiro atoms. The predicted octanol–water partition coefficient (Wildman–Crippen LogP) is 1.35. The highest BCUT2D eigenvalue weighted by Gasteiger charge is 2.31. The van der Waals surface area contributed by atoms with Gasteiger partial charge < -0.3 is 5.73 Å². The smallest absolute Gasteiger partial charge is 0.296 e. The molecule has 22 heavy (non-hydrogen) atoms. The molecule has 0 aromatic heterocycles.